The summed E-state index contributed by atoms with van der Waals surface area (Å²) in [6, 6.07) is 16.3. The Kier molecular flexibility index (Phi) is 7.00. The first-order valence-electron chi connectivity index (χ1n) is 12.0. The van der Waals surface area contributed by atoms with Gasteiger partial charge in [-0.3, -0.25) is 24.5 Å². The Labute approximate surface area is 220 Å². The Bertz CT molecular complexity index is 1630. The highest BCUT2D eigenvalue weighted by molar-refractivity contribution is 5.96. The smallest absolute Gasteiger partial charge is 0.272 e. The molecule has 0 saturated carbocycles. The van der Waals surface area contributed by atoms with E-state index in [9.17, 15) is 28.9 Å². The van der Waals surface area contributed by atoms with Gasteiger partial charge in [0.15, 0.2) is 0 Å². The maximum Gasteiger partial charge on any atom is 0.272 e. The first-order chi connectivity index (χ1) is 18.8. The molecule has 11 nitrogen and oxygen atoms in total. The lowest BCUT2D eigenvalue weighted by molar-refractivity contribution is -0.384. The number of aromatic nitrogens is 2. The predicted octanol–water partition coefficient (Wildman–Crippen LogP) is 3.15. The zero-order chi connectivity index (χ0) is 27.5. The molecule has 39 heavy (non-hydrogen) atoms. The average molecular weight is 532 g/mol. The Morgan fingerprint density at radius 2 is 1.59 bits per heavy atom. The number of piperazine rings is 1. The average Bonchev–Trinajstić information content (AvgIpc) is 2.96. The van der Waals surface area contributed by atoms with Crippen LogP contribution in [0.5, 0.6) is 5.88 Å². The van der Waals surface area contributed by atoms with Gasteiger partial charge in [0.25, 0.3) is 23.1 Å². The lowest BCUT2D eigenvalue weighted by Gasteiger charge is -2.35. The number of non-ortho nitro benzene ring substituents is 1. The fraction of sp³-hybridized carbons (Fsp3) is 0.185. The Morgan fingerprint density at radius 1 is 0.949 bits per heavy atom. The number of hydrogen-bond donors (Lipinski definition) is 1. The standard InChI is InChI=1S/C27H22FN5O6/c28-22-6-2-5-21-23(22)25(30-29-24(21)34)39-16-17-3-1-4-19(15-17)27(36)32-13-11-31(12-14-32)26(35)18-7-9-20(10-8-18)33(37)38/h1-10,15H,11-14,16H2,(H,29,34). The highest BCUT2D eigenvalue weighted by Gasteiger charge is 2.26. The van der Waals surface area contributed by atoms with E-state index in [-0.39, 0.29) is 40.8 Å². The van der Waals surface area contributed by atoms with Crippen LogP contribution in [0.4, 0.5) is 10.1 Å². The summed E-state index contributed by atoms with van der Waals surface area (Å²) in [4.78, 5) is 51.4. The summed E-state index contributed by atoms with van der Waals surface area (Å²) in [5.74, 6) is -1.15. The van der Waals surface area contributed by atoms with E-state index in [0.29, 0.717) is 42.9 Å². The van der Waals surface area contributed by atoms with Crippen molar-refractivity contribution in [2.45, 2.75) is 6.61 Å². The molecule has 4 aromatic rings. The molecule has 198 valence electrons. The number of aromatic amines is 1. The molecular weight excluding hydrogens is 509 g/mol. The minimum Gasteiger partial charge on any atom is -0.471 e. The van der Waals surface area contributed by atoms with Crippen LogP contribution in [-0.4, -0.2) is 62.9 Å². The molecule has 0 radical (unpaired) electrons. The maximum atomic E-state index is 14.4. The van der Waals surface area contributed by atoms with Gasteiger partial charge in [-0.2, -0.15) is 0 Å². The molecule has 1 fully saturated rings. The largest absolute Gasteiger partial charge is 0.471 e. The number of carbonyl (C=O) groups excluding carboxylic acids is 2. The van der Waals surface area contributed by atoms with Gasteiger partial charge in [0.1, 0.15) is 12.4 Å². The van der Waals surface area contributed by atoms with Crippen LogP contribution in [0.15, 0.2) is 71.5 Å². The first-order valence-corrected chi connectivity index (χ1v) is 12.0. The van der Waals surface area contributed by atoms with Crippen molar-refractivity contribution in [1.29, 1.82) is 0 Å². The van der Waals surface area contributed by atoms with Crippen molar-refractivity contribution < 1.29 is 23.6 Å². The summed E-state index contributed by atoms with van der Waals surface area (Å²) in [6.07, 6.45) is 0. The molecule has 0 spiro atoms. The monoisotopic (exact) mass is 531 g/mol. The van der Waals surface area contributed by atoms with Crippen LogP contribution in [0.2, 0.25) is 0 Å². The number of benzene rings is 3. The number of carbonyl (C=O) groups is 2. The SMILES string of the molecule is O=C(c1ccc([N+](=O)[O-])cc1)N1CCN(C(=O)c2cccc(COc3n[nH]c(=O)c4cccc(F)c34)c2)CC1. The van der Waals surface area contributed by atoms with E-state index < -0.39 is 16.3 Å². The quantitative estimate of drug-likeness (QED) is 0.298. The topological polar surface area (TPSA) is 139 Å². The highest BCUT2D eigenvalue weighted by atomic mass is 19.1. The lowest BCUT2D eigenvalue weighted by atomic mass is 10.1. The number of nitrogens with zero attached hydrogens (tertiary/aromatic N) is 4. The summed E-state index contributed by atoms with van der Waals surface area (Å²) in [6.45, 7) is 1.28. The number of amides is 2. The molecule has 0 aliphatic carbocycles. The van der Waals surface area contributed by atoms with Gasteiger partial charge in [-0.05, 0) is 42.0 Å². The molecule has 1 aliphatic rings. The van der Waals surface area contributed by atoms with E-state index in [1.54, 1.807) is 34.1 Å². The number of ether oxygens (including phenoxy) is 1. The van der Waals surface area contributed by atoms with Crippen molar-refractivity contribution in [2.24, 2.45) is 0 Å². The molecule has 0 bridgehead atoms. The molecule has 0 atom stereocenters. The molecule has 3 aromatic carbocycles. The number of rotatable bonds is 6. The van der Waals surface area contributed by atoms with Crippen LogP contribution in [0, 0.1) is 15.9 Å². The number of fused-ring (bicyclic) bond motifs is 1. The molecule has 2 heterocycles. The van der Waals surface area contributed by atoms with Crippen LogP contribution < -0.4 is 10.3 Å². The fourth-order valence-corrected chi connectivity index (χ4v) is 4.40. The highest BCUT2D eigenvalue weighted by Crippen LogP contribution is 2.24. The van der Waals surface area contributed by atoms with Gasteiger partial charge in [-0.25, -0.2) is 9.49 Å². The minimum absolute atomic E-state index is 0.0128. The van der Waals surface area contributed by atoms with Gasteiger partial charge >= 0.3 is 0 Å². The maximum absolute atomic E-state index is 14.4. The molecule has 12 heteroatoms. The number of nitro benzene ring substituents is 1. The number of nitrogens with one attached hydrogen (secondary N) is 1. The summed E-state index contributed by atoms with van der Waals surface area (Å²) in [7, 11) is 0. The Morgan fingerprint density at radius 3 is 2.26 bits per heavy atom. The molecule has 1 aliphatic heterocycles. The summed E-state index contributed by atoms with van der Waals surface area (Å²) in [5, 5.41) is 17.1. The first kappa shape index (κ1) is 25.5. The van der Waals surface area contributed by atoms with E-state index >= 15 is 0 Å². The Balaban J connectivity index is 1.22. The second kappa shape index (κ2) is 10.7. The third-order valence-corrected chi connectivity index (χ3v) is 6.46. The van der Waals surface area contributed by atoms with Crippen molar-refractivity contribution in [3.63, 3.8) is 0 Å². The Hall–Kier alpha value is -5.13. The molecule has 2 amide bonds. The number of hydrogen-bond acceptors (Lipinski definition) is 7. The molecule has 1 N–H and O–H groups in total. The van der Waals surface area contributed by atoms with Crippen LogP contribution in [0.3, 0.4) is 0 Å². The zero-order valence-corrected chi connectivity index (χ0v) is 20.5. The summed E-state index contributed by atoms with van der Waals surface area (Å²) >= 11 is 0. The predicted molar refractivity (Wildman–Crippen MR) is 138 cm³/mol. The third kappa shape index (κ3) is 5.30. The van der Waals surface area contributed by atoms with Gasteiger partial charge in [0.05, 0.1) is 15.7 Å². The van der Waals surface area contributed by atoms with Crippen LogP contribution in [0.1, 0.15) is 26.3 Å². The van der Waals surface area contributed by atoms with Crippen LogP contribution in [-0.2, 0) is 6.61 Å². The van der Waals surface area contributed by atoms with E-state index in [4.69, 9.17) is 4.74 Å². The number of halogens is 1. The van der Waals surface area contributed by atoms with Crippen LogP contribution >= 0.6 is 0 Å². The van der Waals surface area contributed by atoms with E-state index in [2.05, 4.69) is 10.2 Å². The van der Waals surface area contributed by atoms with Gasteiger partial charge in [0.2, 0.25) is 5.88 Å². The zero-order valence-electron chi connectivity index (χ0n) is 20.5. The molecule has 1 aromatic heterocycles. The molecular formula is C27H22FN5O6. The van der Waals surface area contributed by atoms with E-state index in [1.807, 2.05) is 0 Å². The van der Waals surface area contributed by atoms with E-state index in [1.165, 1.54) is 42.5 Å². The van der Waals surface area contributed by atoms with Crippen molar-refractivity contribution in [2.75, 3.05) is 26.2 Å². The van der Waals surface area contributed by atoms with Gasteiger partial charge < -0.3 is 14.5 Å². The molecule has 5 rings (SSSR count). The number of H-pyrrole nitrogens is 1. The molecule has 1 saturated heterocycles. The second-order valence-corrected chi connectivity index (χ2v) is 8.90. The van der Waals surface area contributed by atoms with Crippen molar-refractivity contribution >= 4 is 28.3 Å². The van der Waals surface area contributed by atoms with Gasteiger partial charge in [0, 0.05) is 49.4 Å². The van der Waals surface area contributed by atoms with Crippen molar-refractivity contribution in [3.8, 4) is 5.88 Å². The molecule has 0 unspecified atom stereocenters. The fourth-order valence-electron chi connectivity index (χ4n) is 4.40. The van der Waals surface area contributed by atoms with Crippen molar-refractivity contribution in [1.82, 2.24) is 20.0 Å². The second-order valence-electron chi connectivity index (χ2n) is 8.90. The van der Waals surface area contributed by atoms with Gasteiger partial charge in [-0.15, -0.1) is 5.10 Å². The number of nitro groups is 1. The summed E-state index contributed by atoms with van der Waals surface area (Å²) < 4.78 is 20.1. The van der Waals surface area contributed by atoms with E-state index in [0.717, 1.165) is 0 Å². The van der Waals surface area contributed by atoms with Crippen LogP contribution in [0.25, 0.3) is 10.8 Å². The normalized spacial score (nSPS) is 13.4. The summed E-state index contributed by atoms with van der Waals surface area (Å²) in [5.41, 5.74) is 0.795. The van der Waals surface area contributed by atoms with Gasteiger partial charge in [-0.1, -0.05) is 18.2 Å². The van der Waals surface area contributed by atoms with Crippen molar-refractivity contribution in [3.05, 3.63) is 110 Å². The third-order valence-electron chi connectivity index (χ3n) is 6.46. The lowest BCUT2D eigenvalue weighted by Crippen LogP contribution is -2.50. The minimum atomic E-state index is -0.628.